The van der Waals surface area contributed by atoms with Crippen molar-refractivity contribution in [2.24, 2.45) is 4.99 Å². The van der Waals surface area contributed by atoms with Gasteiger partial charge in [0.15, 0.2) is 5.96 Å². The van der Waals surface area contributed by atoms with Crippen LogP contribution < -0.4 is 10.6 Å². The van der Waals surface area contributed by atoms with Gasteiger partial charge in [0.25, 0.3) is 0 Å². The second-order valence-electron chi connectivity index (χ2n) is 6.63. The van der Waals surface area contributed by atoms with Gasteiger partial charge in [-0.2, -0.15) is 4.98 Å². The van der Waals surface area contributed by atoms with Gasteiger partial charge in [-0.05, 0) is 43.5 Å². The van der Waals surface area contributed by atoms with Crippen molar-refractivity contribution in [2.45, 2.75) is 43.9 Å². The lowest BCUT2D eigenvalue weighted by Crippen LogP contribution is -2.47. The lowest BCUT2D eigenvalue weighted by atomic mass is 9.96. The van der Waals surface area contributed by atoms with Crippen LogP contribution in [0.2, 0.25) is 5.02 Å². The molecular weight excluding hydrogens is 481 g/mol. The minimum atomic E-state index is 0. The number of hydrogen-bond acceptors (Lipinski definition) is 5. The fourth-order valence-electron chi connectivity index (χ4n) is 3.52. The molecule has 7 nitrogen and oxygen atoms in total. The molecule has 2 aliphatic rings. The van der Waals surface area contributed by atoms with Crippen LogP contribution in [0, 0.1) is 0 Å². The third kappa shape index (κ3) is 4.91. The maximum Gasteiger partial charge on any atom is 0.228 e. The second-order valence-corrected chi connectivity index (χ2v) is 7.06. The molecule has 2 bridgehead atoms. The number of nitrogens with zero attached hydrogens (tertiary/aromatic N) is 3. The summed E-state index contributed by atoms with van der Waals surface area (Å²) in [6, 6.07) is 7.71. The zero-order chi connectivity index (χ0) is 17.9. The summed E-state index contributed by atoms with van der Waals surface area (Å²) in [5, 5.41) is 11.5. The number of benzene rings is 1. The predicted octanol–water partition coefficient (Wildman–Crippen LogP) is 3.04. The molecule has 2 fully saturated rings. The Morgan fingerprint density at radius 2 is 2.11 bits per heavy atom. The Balaban J connectivity index is 0.00000210. The fraction of sp³-hybridized carbons (Fsp3) is 0.500. The number of halogens is 2. The van der Waals surface area contributed by atoms with Crippen LogP contribution in [0.15, 0.2) is 33.8 Å². The number of fused-ring (bicyclic) bond motifs is 2. The van der Waals surface area contributed by atoms with Crippen molar-refractivity contribution in [3.63, 3.8) is 0 Å². The molecule has 27 heavy (non-hydrogen) atoms. The van der Waals surface area contributed by atoms with Crippen LogP contribution in [0.1, 0.15) is 25.2 Å². The van der Waals surface area contributed by atoms with E-state index in [2.05, 4.69) is 25.8 Å². The highest BCUT2D eigenvalue weighted by molar-refractivity contribution is 14.0. The van der Waals surface area contributed by atoms with Crippen LogP contribution >= 0.6 is 35.6 Å². The number of hydrogen-bond donors (Lipinski definition) is 2. The Morgan fingerprint density at radius 1 is 1.30 bits per heavy atom. The molecule has 3 unspecified atom stereocenters. The first kappa shape index (κ1) is 20.3. The zero-order valence-corrected chi connectivity index (χ0v) is 18.1. The van der Waals surface area contributed by atoms with Gasteiger partial charge in [0, 0.05) is 30.6 Å². The molecule has 2 saturated heterocycles. The van der Waals surface area contributed by atoms with E-state index >= 15 is 0 Å². The summed E-state index contributed by atoms with van der Waals surface area (Å²) in [5.74, 6) is 1.93. The molecule has 2 aromatic rings. The molecule has 4 rings (SSSR count). The van der Waals surface area contributed by atoms with E-state index < -0.39 is 0 Å². The topological polar surface area (TPSA) is 84.6 Å². The van der Waals surface area contributed by atoms with Crippen molar-refractivity contribution in [1.29, 1.82) is 0 Å². The zero-order valence-electron chi connectivity index (χ0n) is 15.0. The Labute approximate surface area is 180 Å². The maximum absolute atomic E-state index is 5.90. The molecule has 146 valence electrons. The third-order valence-electron chi connectivity index (χ3n) is 4.85. The summed E-state index contributed by atoms with van der Waals surface area (Å²) in [5.41, 5.74) is 0.881. The Bertz CT molecular complexity index is 782. The van der Waals surface area contributed by atoms with E-state index in [4.69, 9.17) is 20.9 Å². The molecule has 0 radical (unpaired) electrons. The van der Waals surface area contributed by atoms with Gasteiger partial charge in [-0.15, -0.1) is 24.0 Å². The monoisotopic (exact) mass is 503 g/mol. The van der Waals surface area contributed by atoms with Crippen LogP contribution in [0.4, 0.5) is 0 Å². The lowest BCUT2D eigenvalue weighted by Gasteiger charge is -2.22. The molecular formula is C18H23ClIN5O2. The SMILES string of the molecule is CN=C(NCCc1nc(-c2ccc(Cl)cc2)no1)NC1CC2CCC1O2.I. The van der Waals surface area contributed by atoms with E-state index in [0.717, 1.165) is 24.4 Å². The van der Waals surface area contributed by atoms with Crippen LogP contribution in [0.25, 0.3) is 11.4 Å². The van der Waals surface area contributed by atoms with Crippen molar-refractivity contribution in [3.05, 3.63) is 35.2 Å². The van der Waals surface area contributed by atoms with Gasteiger partial charge in [-0.3, -0.25) is 4.99 Å². The number of guanidine groups is 1. The standard InChI is InChI=1S/C18H22ClN5O2.HI/c1-20-18(22-14-10-13-6-7-15(14)25-13)21-9-8-16-23-17(24-26-16)11-2-4-12(19)5-3-11;/h2-5,13-15H,6-10H2,1H3,(H2,20,21,22);1H. The van der Waals surface area contributed by atoms with Gasteiger partial charge in [0.05, 0.1) is 18.2 Å². The van der Waals surface area contributed by atoms with Crippen molar-refractivity contribution < 1.29 is 9.26 Å². The minimum absolute atomic E-state index is 0. The molecule has 2 aliphatic heterocycles. The summed E-state index contributed by atoms with van der Waals surface area (Å²) < 4.78 is 11.2. The second kappa shape index (κ2) is 9.20. The summed E-state index contributed by atoms with van der Waals surface area (Å²) in [6.45, 7) is 0.656. The molecule has 3 heterocycles. The van der Waals surface area contributed by atoms with Gasteiger partial charge >= 0.3 is 0 Å². The largest absolute Gasteiger partial charge is 0.373 e. The van der Waals surface area contributed by atoms with Crippen molar-refractivity contribution in [3.8, 4) is 11.4 Å². The first-order valence-electron chi connectivity index (χ1n) is 8.92. The van der Waals surface area contributed by atoms with Crippen LogP contribution in [-0.2, 0) is 11.2 Å². The number of rotatable bonds is 5. The molecule has 3 atom stereocenters. The first-order chi connectivity index (χ1) is 12.7. The molecule has 0 spiro atoms. The molecule has 1 aromatic carbocycles. The summed E-state index contributed by atoms with van der Waals surface area (Å²) in [6.07, 6.45) is 4.72. The van der Waals surface area contributed by atoms with E-state index in [9.17, 15) is 0 Å². The van der Waals surface area contributed by atoms with Gasteiger partial charge in [0.1, 0.15) is 0 Å². The highest BCUT2D eigenvalue weighted by Crippen LogP contribution is 2.34. The van der Waals surface area contributed by atoms with Gasteiger partial charge in [0.2, 0.25) is 11.7 Å². The van der Waals surface area contributed by atoms with E-state index in [1.807, 2.05) is 24.3 Å². The van der Waals surface area contributed by atoms with Gasteiger partial charge < -0.3 is 19.9 Å². The van der Waals surface area contributed by atoms with E-state index in [1.165, 1.54) is 6.42 Å². The number of aliphatic imine (C=N–C) groups is 1. The van der Waals surface area contributed by atoms with E-state index in [1.54, 1.807) is 7.05 Å². The average molecular weight is 504 g/mol. The molecule has 2 N–H and O–H groups in total. The first-order valence-corrected chi connectivity index (χ1v) is 9.30. The maximum atomic E-state index is 5.90. The Morgan fingerprint density at radius 3 is 2.78 bits per heavy atom. The quantitative estimate of drug-likeness (QED) is 0.371. The highest BCUT2D eigenvalue weighted by atomic mass is 127. The summed E-state index contributed by atoms with van der Waals surface area (Å²) in [4.78, 5) is 8.71. The Kier molecular flexibility index (Phi) is 6.93. The van der Waals surface area contributed by atoms with Crippen LogP contribution in [-0.4, -0.2) is 47.9 Å². The highest BCUT2D eigenvalue weighted by Gasteiger charge is 2.41. The average Bonchev–Trinajstić information content (AvgIpc) is 3.38. The fourth-order valence-corrected chi connectivity index (χ4v) is 3.65. The number of aromatic nitrogens is 2. The third-order valence-corrected chi connectivity index (χ3v) is 5.11. The smallest absolute Gasteiger partial charge is 0.228 e. The van der Waals surface area contributed by atoms with E-state index in [-0.39, 0.29) is 24.0 Å². The van der Waals surface area contributed by atoms with Crippen LogP contribution in [0.5, 0.6) is 0 Å². The van der Waals surface area contributed by atoms with Gasteiger partial charge in [-0.25, -0.2) is 0 Å². The van der Waals surface area contributed by atoms with Gasteiger partial charge in [-0.1, -0.05) is 16.8 Å². The molecule has 0 aliphatic carbocycles. The normalized spacial score (nSPS) is 23.9. The summed E-state index contributed by atoms with van der Waals surface area (Å²) in [7, 11) is 1.77. The van der Waals surface area contributed by atoms with E-state index in [0.29, 0.717) is 48.0 Å². The molecule has 0 amide bonds. The predicted molar refractivity (Wildman–Crippen MR) is 115 cm³/mol. The molecule has 1 aromatic heterocycles. The minimum Gasteiger partial charge on any atom is -0.373 e. The number of nitrogens with one attached hydrogen (secondary N) is 2. The molecule has 9 heteroatoms. The van der Waals surface area contributed by atoms with Crippen molar-refractivity contribution >= 4 is 41.5 Å². The lowest BCUT2D eigenvalue weighted by molar-refractivity contribution is 0.0992. The Hall–Kier alpha value is -1.39. The number of ether oxygens (including phenoxy) is 1. The van der Waals surface area contributed by atoms with Crippen LogP contribution in [0.3, 0.4) is 0 Å². The van der Waals surface area contributed by atoms with Crippen molar-refractivity contribution in [1.82, 2.24) is 20.8 Å². The summed E-state index contributed by atoms with van der Waals surface area (Å²) >= 11 is 5.90. The van der Waals surface area contributed by atoms with Crippen molar-refractivity contribution in [2.75, 3.05) is 13.6 Å². The molecule has 0 saturated carbocycles.